The third-order valence-electron chi connectivity index (χ3n) is 5.01. The first-order valence-electron chi connectivity index (χ1n) is 9.24. The standard InChI is InChI=1S/C17H28N6O4/c1-5-20(6-2)15(24)11-19-7-9-21(10-8-19)16(25)12-22-14(4)17(23(26)27)13(3)18-22/h5-12H2,1-4H3. The molecule has 2 rings (SSSR count). The highest BCUT2D eigenvalue weighted by atomic mass is 16.6. The van der Waals surface area contributed by atoms with Gasteiger partial charge in [0.15, 0.2) is 0 Å². The van der Waals surface area contributed by atoms with Gasteiger partial charge in [0, 0.05) is 39.3 Å². The van der Waals surface area contributed by atoms with Gasteiger partial charge < -0.3 is 9.80 Å². The van der Waals surface area contributed by atoms with Crippen LogP contribution in [-0.2, 0) is 16.1 Å². The van der Waals surface area contributed by atoms with Crippen molar-refractivity contribution < 1.29 is 14.5 Å². The molecule has 0 atom stereocenters. The lowest BCUT2D eigenvalue weighted by Crippen LogP contribution is -2.52. The molecule has 0 radical (unpaired) electrons. The summed E-state index contributed by atoms with van der Waals surface area (Å²) in [5.74, 6) is -0.0139. The minimum Gasteiger partial charge on any atom is -0.342 e. The molecular weight excluding hydrogens is 352 g/mol. The van der Waals surface area contributed by atoms with Crippen molar-refractivity contribution in [2.24, 2.45) is 0 Å². The van der Waals surface area contributed by atoms with E-state index in [9.17, 15) is 19.7 Å². The fraction of sp³-hybridized carbons (Fsp3) is 0.706. The second-order valence-electron chi connectivity index (χ2n) is 6.66. The van der Waals surface area contributed by atoms with Crippen LogP contribution in [0.3, 0.4) is 0 Å². The van der Waals surface area contributed by atoms with E-state index in [1.54, 1.807) is 23.6 Å². The molecule has 1 saturated heterocycles. The molecule has 150 valence electrons. The summed E-state index contributed by atoms with van der Waals surface area (Å²) in [6.45, 7) is 11.2. The van der Waals surface area contributed by atoms with E-state index in [2.05, 4.69) is 10.00 Å². The number of piperazine rings is 1. The monoisotopic (exact) mass is 380 g/mol. The fourth-order valence-electron chi connectivity index (χ4n) is 3.36. The summed E-state index contributed by atoms with van der Waals surface area (Å²) in [6, 6.07) is 0. The molecule has 0 aliphatic carbocycles. The molecule has 0 spiro atoms. The SMILES string of the molecule is CCN(CC)C(=O)CN1CCN(C(=O)Cn2nc(C)c([N+](=O)[O-])c2C)CC1. The minimum atomic E-state index is -0.468. The maximum absolute atomic E-state index is 12.5. The van der Waals surface area contributed by atoms with Crippen molar-refractivity contribution in [3.8, 4) is 0 Å². The zero-order chi connectivity index (χ0) is 20.1. The molecule has 0 unspecified atom stereocenters. The Morgan fingerprint density at radius 2 is 1.70 bits per heavy atom. The molecule has 1 aliphatic rings. The number of carbonyl (C=O) groups is 2. The summed E-state index contributed by atoms with van der Waals surface area (Å²) in [7, 11) is 0. The van der Waals surface area contributed by atoms with Gasteiger partial charge in [-0.25, -0.2) is 0 Å². The summed E-state index contributed by atoms with van der Waals surface area (Å²) < 4.78 is 1.39. The first kappa shape index (κ1) is 20.8. The Hall–Kier alpha value is -2.49. The molecule has 27 heavy (non-hydrogen) atoms. The van der Waals surface area contributed by atoms with Crippen molar-refractivity contribution in [3.05, 3.63) is 21.5 Å². The highest BCUT2D eigenvalue weighted by molar-refractivity contribution is 5.78. The van der Waals surface area contributed by atoms with Crippen LogP contribution in [0.1, 0.15) is 25.2 Å². The first-order chi connectivity index (χ1) is 12.8. The number of likely N-dealkylation sites (N-methyl/N-ethyl adjacent to an activating group) is 1. The van der Waals surface area contributed by atoms with E-state index in [0.29, 0.717) is 57.2 Å². The van der Waals surface area contributed by atoms with Crippen molar-refractivity contribution in [2.45, 2.75) is 34.2 Å². The number of aromatic nitrogens is 2. The van der Waals surface area contributed by atoms with Crippen LogP contribution in [0.5, 0.6) is 0 Å². The van der Waals surface area contributed by atoms with Crippen molar-refractivity contribution in [2.75, 3.05) is 45.8 Å². The van der Waals surface area contributed by atoms with E-state index < -0.39 is 4.92 Å². The molecule has 1 aliphatic heterocycles. The number of nitro groups is 1. The highest BCUT2D eigenvalue weighted by Gasteiger charge is 2.26. The van der Waals surface area contributed by atoms with Gasteiger partial charge in [-0.2, -0.15) is 5.10 Å². The molecule has 0 saturated carbocycles. The number of hydrogen-bond donors (Lipinski definition) is 0. The Kier molecular flexibility index (Phi) is 6.89. The molecule has 0 aromatic carbocycles. The van der Waals surface area contributed by atoms with Gasteiger partial charge in [0.05, 0.1) is 11.5 Å². The van der Waals surface area contributed by atoms with E-state index in [4.69, 9.17) is 0 Å². The first-order valence-corrected chi connectivity index (χ1v) is 9.24. The van der Waals surface area contributed by atoms with Crippen LogP contribution in [0.2, 0.25) is 0 Å². The molecular formula is C17H28N6O4. The molecule has 2 amide bonds. The summed E-state index contributed by atoms with van der Waals surface area (Å²) in [4.78, 5) is 40.9. The van der Waals surface area contributed by atoms with Crippen molar-refractivity contribution in [1.29, 1.82) is 0 Å². The maximum atomic E-state index is 12.5. The van der Waals surface area contributed by atoms with E-state index in [0.717, 1.165) is 0 Å². The van der Waals surface area contributed by atoms with Gasteiger partial charge in [0.25, 0.3) is 0 Å². The van der Waals surface area contributed by atoms with Gasteiger partial charge in [-0.15, -0.1) is 0 Å². The third kappa shape index (κ3) is 4.82. The topological polar surface area (TPSA) is 105 Å². The third-order valence-corrected chi connectivity index (χ3v) is 5.01. The Morgan fingerprint density at radius 3 is 2.19 bits per heavy atom. The Labute approximate surface area is 158 Å². The van der Waals surface area contributed by atoms with E-state index in [1.165, 1.54) is 4.68 Å². The number of rotatable bonds is 7. The summed E-state index contributed by atoms with van der Waals surface area (Å²) in [5, 5.41) is 15.2. The molecule has 10 nitrogen and oxygen atoms in total. The second kappa shape index (κ2) is 8.94. The zero-order valence-corrected chi connectivity index (χ0v) is 16.5. The van der Waals surface area contributed by atoms with Gasteiger partial charge in [-0.05, 0) is 27.7 Å². The molecule has 1 aromatic rings. The minimum absolute atomic E-state index is 0.0150. The average molecular weight is 380 g/mol. The fourth-order valence-corrected chi connectivity index (χ4v) is 3.36. The lowest BCUT2D eigenvalue weighted by atomic mass is 10.3. The van der Waals surface area contributed by atoms with Gasteiger partial charge >= 0.3 is 5.69 Å². The van der Waals surface area contributed by atoms with Crippen LogP contribution in [-0.4, -0.2) is 87.0 Å². The highest BCUT2D eigenvalue weighted by Crippen LogP contribution is 2.21. The van der Waals surface area contributed by atoms with E-state index >= 15 is 0 Å². The Morgan fingerprint density at radius 1 is 1.11 bits per heavy atom. The normalized spacial score (nSPS) is 15.0. The van der Waals surface area contributed by atoms with Crippen molar-refractivity contribution in [1.82, 2.24) is 24.5 Å². The summed E-state index contributed by atoms with van der Waals surface area (Å²) in [5.41, 5.74) is 0.655. The molecule has 1 fully saturated rings. The lowest BCUT2D eigenvalue weighted by molar-refractivity contribution is -0.386. The van der Waals surface area contributed by atoms with Crippen LogP contribution in [0, 0.1) is 24.0 Å². The average Bonchev–Trinajstić information content (AvgIpc) is 2.90. The quantitative estimate of drug-likeness (QED) is 0.501. The van der Waals surface area contributed by atoms with Crippen LogP contribution in [0.15, 0.2) is 0 Å². The molecule has 10 heteroatoms. The van der Waals surface area contributed by atoms with Crippen molar-refractivity contribution in [3.63, 3.8) is 0 Å². The number of nitrogens with zero attached hydrogens (tertiary/aromatic N) is 6. The van der Waals surface area contributed by atoms with Crippen LogP contribution in [0.4, 0.5) is 5.69 Å². The van der Waals surface area contributed by atoms with E-state index in [1.807, 2.05) is 13.8 Å². The Balaban J connectivity index is 1.89. The van der Waals surface area contributed by atoms with Gasteiger partial charge in [0.1, 0.15) is 17.9 Å². The van der Waals surface area contributed by atoms with Crippen molar-refractivity contribution >= 4 is 17.5 Å². The van der Waals surface area contributed by atoms with Gasteiger partial charge in [0.2, 0.25) is 11.8 Å². The molecule has 0 bridgehead atoms. The van der Waals surface area contributed by atoms with E-state index in [-0.39, 0.29) is 24.0 Å². The maximum Gasteiger partial charge on any atom is 0.312 e. The predicted octanol–water partition coefficient (Wildman–Crippen LogP) is 0.421. The van der Waals surface area contributed by atoms with Crippen LogP contribution >= 0.6 is 0 Å². The lowest BCUT2D eigenvalue weighted by Gasteiger charge is -2.35. The summed E-state index contributed by atoms with van der Waals surface area (Å²) in [6.07, 6.45) is 0. The molecule has 2 heterocycles. The summed E-state index contributed by atoms with van der Waals surface area (Å²) >= 11 is 0. The molecule has 0 N–H and O–H groups in total. The van der Waals surface area contributed by atoms with Gasteiger partial charge in [-0.3, -0.25) is 29.3 Å². The number of hydrogen-bond acceptors (Lipinski definition) is 6. The number of carbonyl (C=O) groups excluding carboxylic acids is 2. The number of aryl methyl sites for hydroxylation is 1. The Bertz CT molecular complexity index is 705. The van der Waals surface area contributed by atoms with Gasteiger partial charge in [-0.1, -0.05) is 0 Å². The number of amides is 2. The zero-order valence-electron chi connectivity index (χ0n) is 16.5. The smallest absolute Gasteiger partial charge is 0.312 e. The molecule has 1 aromatic heterocycles. The van der Waals surface area contributed by atoms with Crippen LogP contribution in [0.25, 0.3) is 0 Å². The predicted molar refractivity (Wildman–Crippen MR) is 99.3 cm³/mol. The second-order valence-corrected chi connectivity index (χ2v) is 6.66. The van der Waals surface area contributed by atoms with Crippen LogP contribution < -0.4 is 0 Å². The largest absolute Gasteiger partial charge is 0.342 e.